The van der Waals surface area contributed by atoms with E-state index in [0.717, 1.165) is 62.4 Å². The molecule has 0 radical (unpaired) electrons. The lowest BCUT2D eigenvalue weighted by Gasteiger charge is -2.12. The zero-order valence-corrected chi connectivity index (χ0v) is 24.2. The van der Waals surface area contributed by atoms with Crippen molar-refractivity contribution >= 4 is 34.9 Å². The molecule has 0 heterocycles. The van der Waals surface area contributed by atoms with Crippen LogP contribution in [0.3, 0.4) is 0 Å². The van der Waals surface area contributed by atoms with Gasteiger partial charge in [-0.25, -0.2) is 4.99 Å². The van der Waals surface area contributed by atoms with Crippen molar-refractivity contribution in [1.29, 1.82) is 5.41 Å². The monoisotopic (exact) mass is 561 g/mol. The van der Waals surface area contributed by atoms with Crippen LogP contribution in [-0.4, -0.2) is 35.3 Å². The fourth-order valence-electron chi connectivity index (χ4n) is 5.20. The minimum atomic E-state index is -0.318. The van der Waals surface area contributed by atoms with Gasteiger partial charge in [-0.05, 0) is 104 Å². The first kappa shape index (κ1) is 30.4. The molecule has 42 heavy (non-hydrogen) atoms. The zero-order valence-electron chi connectivity index (χ0n) is 24.2. The number of unbranched alkanes of at least 4 members (excludes halogenated alkanes) is 1. The molecule has 1 aliphatic carbocycles. The molecule has 216 valence electrons. The maximum absolute atomic E-state index is 13.0. The van der Waals surface area contributed by atoms with Crippen molar-refractivity contribution < 1.29 is 14.7 Å². The maximum atomic E-state index is 13.0. The third-order valence-electron chi connectivity index (χ3n) is 7.52. The molecule has 0 bridgehead atoms. The van der Waals surface area contributed by atoms with Crippen LogP contribution in [0.25, 0.3) is 5.57 Å². The number of phenols is 1. The fraction of sp³-hybridized carbons (Fsp3) is 0.278. The smallest absolute Gasteiger partial charge is 0.255 e. The quantitative estimate of drug-likeness (QED) is 0.114. The maximum Gasteiger partial charge on any atom is 0.255 e. The van der Waals surface area contributed by atoms with E-state index in [1.807, 2.05) is 19.1 Å². The molecule has 3 aromatic rings. The number of para-hydroxylation sites is 1. The third-order valence-corrected chi connectivity index (χ3v) is 7.52. The number of nitrogens with zero attached hydrogens (tertiary/aromatic N) is 1. The van der Waals surface area contributed by atoms with Crippen molar-refractivity contribution in [3.05, 3.63) is 113 Å². The Morgan fingerprint density at radius 1 is 1.00 bits per heavy atom. The number of hydrogen-bond acceptors (Lipinski definition) is 5. The Morgan fingerprint density at radius 3 is 2.62 bits per heavy atom. The van der Waals surface area contributed by atoms with Crippen LogP contribution in [0.5, 0.6) is 5.75 Å². The van der Waals surface area contributed by atoms with Crippen molar-refractivity contribution in [1.82, 2.24) is 5.32 Å². The molecule has 0 saturated carbocycles. The fourth-order valence-corrected chi connectivity index (χ4v) is 5.20. The van der Waals surface area contributed by atoms with E-state index in [1.165, 1.54) is 34.4 Å². The molecule has 3 N–H and O–H groups in total. The van der Waals surface area contributed by atoms with Gasteiger partial charge in [-0.2, -0.15) is 0 Å². The molecule has 6 nitrogen and oxygen atoms in total. The van der Waals surface area contributed by atoms with Crippen molar-refractivity contribution in [2.24, 2.45) is 4.99 Å². The molecule has 0 spiro atoms. The molecule has 3 aromatic carbocycles. The van der Waals surface area contributed by atoms with Crippen molar-refractivity contribution in [3.8, 4) is 5.75 Å². The lowest BCUT2D eigenvalue weighted by molar-refractivity contribution is -0.114. The van der Waals surface area contributed by atoms with Crippen molar-refractivity contribution in [2.75, 3.05) is 6.54 Å². The SMILES string of the molecule is CC(=Nc1cccc(C(=O)NCCC2=CCCCc3ccccc32)c1O)c1ccc(CCCCC(=O)/C=C/C=N)cc1. The summed E-state index contributed by atoms with van der Waals surface area (Å²) in [5, 5.41) is 20.8. The highest BCUT2D eigenvalue weighted by atomic mass is 16.3. The number of aryl methyl sites for hydroxylation is 2. The highest BCUT2D eigenvalue weighted by Crippen LogP contribution is 2.31. The average molecular weight is 562 g/mol. The standard InChI is InChI=1S/C36H39N3O3/c1-26(28-21-19-27(20-22-28)10-2-6-14-31(40)15-9-24-37)39-34-18-8-17-33(35(34)41)36(42)38-25-23-30-13-4-3-11-29-12-5-7-16-32(29)30/h5,7-9,12-13,15-22,24,37,41H,2-4,6,10-11,14,23,25H2,1H3,(H,38,42)/b15-9+,37-24?,39-26?. The van der Waals surface area contributed by atoms with Gasteiger partial charge in [0.1, 0.15) is 5.69 Å². The van der Waals surface area contributed by atoms with Crippen LogP contribution in [0.1, 0.15) is 78.1 Å². The first-order chi connectivity index (χ1) is 20.5. The number of ketones is 1. The number of aromatic hydroxyl groups is 1. The summed E-state index contributed by atoms with van der Waals surface area (Å²) in [6.07, 6.45) is 13.3. The van der Waals surface area contributed by atoms with Crippen LogP contribution in [-0.2, 0) is 17.6 Å². The van der Waals surface area contributed by atoms with Crippen LogP contribution in [0.4, 0.5) is 5.69 Å². The molecule has 0 aliphatic heterocycles. The summed E-state index contributed by atoms with van der Waals surface area (Å²) >= 11 is 0. The summed E-state index contributed by atoms with van der Waals surface area (Å²) < 4.78 is 0. The number of aliphatic imine (C=N–C) groups is 1. The Bertz CT molecular complexity index is 1500. The Morgan fingerprint density at radius 2 is 1.81 bits per heavy atom. The summed E-state index contributed by atoms with van der Waals surface area (Å²) in [5.41, 5.74) is 7.29. The number of nitrogens with one attached hydrogen (secondary N) is 2. The third kappa shape index (κ3) is 8.46. The van der Waals surface area contributed by atoms with Gasteiger partial charge in [0.05, 0.1) is 5.56 Å². The minimum Gasteiger partial charge on any atom is -0.505 e. The second kappa shape index (κ2) is 15.4. The number of carbonyl (C=O) groups excluding carboxylic acids is 2. The predicted molar refractivity (Wildman–Crippen MR) is 171 cm³/mol. The largest absolute Gasteiger partial charge is 0.505 e. The number of benzene rings is 3. The molecule has 4 rings (SSSR count). The first-order valence-electron chi connectivity index (χ1n) is 14.7. The van der Waals surface area contributed by atoms with Gasteiger partial charge in [0.15, 0.2) is 11.5 Å². The van der Waals surface area contributed by atoms with E-state index in [1.54, 1.807) is 18.2 Å². The first-order valence-corrected chi connectivity index (χ1v) is 14.7. The Hall–Kier alpha value is -4.58. The zero-order chi connectivity index (χ0) is 29.7. The van der Waals surface area contributed by atoms with E-state index >= 15 is 0 Å². The molecule has 0 atom stereocenters. The predicted octanol–water partition coefficient (Wildman–Crippen LogP) is 7.56. The van der Waals surface area contributed by atoms with Crippen molar-refractivity contribution in [3.63, 3.8) is 0 Å². The molecular weight excluding hydrogens is 522 g/mol. The highest BCUT2D eigenvalue weighted by Gasteiger charge is 2.16. The number of rotatable bonds is 13. The molecule has 0 saturated heterocycles. The molecule has 1 aliphatic rings. The number of carbonyl (C=O) groups is 2. The molecule has 1 amide bonds. The molecular formula is C36H39N3O3. The van der Waals surface area contributed by atoms with Gasteiger partial charge in [-0.1, -0.05) is 60.7 Å². The van der Waals surface area contributed by atoms with Gasteiger partial charge in [0.25, 0.3) is 5.91 Å². The Kier molecular flexibility index (Phi) is 11.2. The molecule has 6 heteroatoms. The molecule has 0 unspecified atom stereocenters. The van der Waals surface area contributed by atoms with Crippen LogP contribution < -0.4 is 5.32 Å². The topological polar surface area (TPSA) is 103 Å². The summed E-state index contributed by atoms with van der Waals surface area (Å²) in [7, 11) is 0. The van der Waals surface area contributed by atoms with Gasteiger partial charge in [-0.15, -0.1) is 0 Å². The number of amides is 1. The van der Waals surface area contributed by atoms with Crippen LogP contribution in [0.2, 0.25) is 0 Å². The van der Waals surface area contributed by atoms with Crippen molar-refractivity contribution in [2.45, 2.75) is 58.3 Å². The Labute approximate surface area is 248 Å². The number of fused-ring (bicyclic) bond motifs is 1. The molecule has 0 aromatic heterocycles. The van der Waals surface area contributed by atoms with Crippen LogP contribution >= 0.6 is 0 Å². The van der Waals surface area contributed by atoms with E-state index in [4.69, 9.17) is 5.41 Å². The highest BCUT2D eigenvalue weighted by molar-refractivity contribution is 6.02. The van der Waals surface area contributed by atoms with Gasteiger partial charge < -0.3 is 15.8 Å². The number of allylic oxidation sites excluding steroid dienone is 3. The minimum absolute atomic E-state index is 0.0455. The van der Waals surface area contributed by atoms with Gasteiger partial charge in [-0.3, -0.25) is 9.59 Å². The summed E-state index contributed by atoms with van der Waals surface area (Å²) in [5.74, 6) is -0.402. The van der Waals surface area contributed by atoms with Crippen LogP contribution in [0.15, 0.2) is 90.0 Å². The van der Waals surface area contributed by atoms with E-state index in [2.05, 4.69) is 52.8 Å². The van der Waals surface area contributed by atoms with Gasteiger partial charge in [0, 0.05) is 24.9 Å². The lowest BCUT2D eigenvalue weighted by atomic mass is 9.97. The number of hydrogen-bond donors (Lipinski definition) is 3. The molecule has 0 fully saturated rings. The number of phenolic OH excluding ortho intramolecular Hbond substituents is 1. The van der Waals surface area contributed by atoms with Gasteiger partial charge >= 0.3 is 0 Å². The summed E-state index contributed by atoms with van der Waals surface area (Å²) in [6.45, 7) is 2.36. The second-order valence-electron chi connectivity index (χ2n) is 10.6. The summed E-state index contributed by atoms with van der Waals surface area (Å²) in [6, 6.07) is 21.6. The van der Waals surface area contributed by atoms with Gasteiger partial charge in [0.2, 0.25) is 0 Å². The summed E-state index contributed by atoms with van der Waals surface area (Å²) in [4.78, 5) is 29.3. The van der Waals surface area contributed by atoms with E-state index < -0.39 is 0 Å². The normalized spacial score (nSPS) is 13.3. The average Bonchev–Trinajstić information content (AvgIpc) is 3.21. The second-order valence-corrected chi connectivity index (χ2v) is 10.6. The van der Waals surface area contributed by atoms with E-state index in [0.29, 0.717) is 18.7 Å². The van der Waals surface area contributed by atoms with E-state index in [9.17, 15) is 14.7 Å². The van der Waals surface area contributed by atoms with E-state index in [-0.39, 0.29) is 23.0 Å². The van der Waals surface area contributed by atoms with Crippen LogP contribution in [0, 0.1) is 5.41 Å². The Balaban J connectivity index is 1.33. The lowest BCUT2D eigenvalue weighted by Crippen LogP contribution is -2.24.